The number of carbonyl (C=O) groups is 2. The van der Waals surface area contributed by atoms with Crippen LogP contribution < -0.4 is 0 Å². The van der Waals surface area contributed by atoms with Gasteiger partial charge in [0.15, 0.2) is 15.6 Å². The number of methoxy groups -OCH3 is 1. The first-order chi connectivity index (χ1) is 7.33. The Morgan fingerprint density at radius 1 is 1.31 bits per heavy atom. The highest BCUT2D eigenvalue weighted by atomic mass is 32.2. The van der Waals surface area contributed by atoms with E-state index < -0.39 is 27.3 Å². The van der Waals surface area contributed by atoms with Crippen LogP contribution in [0.4, 0.5) is 0 Å². The molecule has 0 radical (unpaired) electrons. The number of furan rings is 1. The van der Waals surface area contributed by atoms with Crippen LogP contribution >= 0.6 is 0 Å². The Morgan fingerprint density at radius 3 is 2.38 bits per heavy atom. The maximum Gasteiger partial charge on any atom is 0.373 e. The molecule has 0 spiro atoms. The molecule has 0 aromatic carbocycles. The van der Waals surface area contributed by atoms with Crippen molar-refractivity contribution in [2.24, 2.45) is 0 Å². The lowest BCUT2D eigenvalue weighted by Crippen LogP contribution is -2.13. The molecule has 0 aliphatic heterocycles. The highest BCUT2D eigenvalue weighted by Crippen LogP contribution is 2.10. The van der Waals surface area contributed by atoms with Crippen molar-refractivity contribution in [3.05, 3.63) is 23.7 Å². The molecule has 0 atom stereocenters. The largest absolute Gasteiger partial charge is 0.463 e. The summed E-state index contributed by atoms with van der Waals surface area (Å²) in [5.41, 5.74) is 0. The van der Waals surface area contributed by atoms with Crippen LogP contribution in [-0.4, -0.2) is 39.3 Å². The van der Waals surface area contributed by atoms with Crippen LogP contribution in [0.25, 0.3) is 0 Å². The number of ether oxygens (including phenoxy) is 1. The molecule has 0 aliphatic rings. The molecule has 6 nitrogen and oxygen atoms in total. The first kappa shape index (κ1) is 12.4. The number of Topliss-reactive ketones (excluding diaryl/α,β-unsaturated/α-hetero) is 1. The third-order valence-electron chi connectivity index (χ3n) is 1.66. The minimum atomic E-state index is -3.41. The Morgan fingerprint density at radius 2 is 1.88 bits per heavy atom. The quantitative estimate of drug-likeness (QED) is 0.560. The van der Waals surface area contributed by atoms with Crippen molar-refractivity contribution in [3.63, 3.8) is 0 Å². The molecule has 0 aliphatic carbocycles. The Balaban J connectivity index is 2.87. The summed E-state index contributed by atoms with van der Waals surface area (Å²) in [4.78, 5) is 22.3. The van der Waals surface area contributed by atoms with E-state index in [9.17, 15) is 18.0 Å². The number of ketones is 1. The molecule has 1 aromatic heterocycles. The Hall–Kier alpha value is -1.63. The van der Waals surface area contributed by atoms with Gasteiger partial charge in [0, 0.05) is 6.26 Å². The van der Waals surface area contributed by atoms with Gasteiger partial charge in [-0.1, -0.05) is 0 Å². The van der Waals surface area contributed by atoms with Gasteiger partial charge < -0.3 is 9.15 Å². The van der Waals surface area contributed by atoms with Crippen molar-refractivity contribution in [1.82, 2.24) is 0 Å². The van der Waals surface area contributed by atoms with Gasteiger partial charge in [-0.2, -0.15) is 0 Å². The zero-order valence-corrected chi connectivity index (χ0v) is 9.54. The topological polar surface area (TPSA) is 90.7 Å². The molecule has 0 amide bonds. The van der Waals surface area contributed by atoms with Crippen LogP contribution in [0.15, 0.2) is 16.5 Å². The third-order valence-corrected chi connectivity index (χ3v) is 2.45. The van der Waals surface area contributed by atoms with Gasteiger partial charge in [0.05, 0.1) is 7.11 Å². The van der Waals surface area contributed by atoms with Crippen molar-refractivity contribution >= 4 is 21.6 Å². The summed E-state index contributed by atoms with van der Waals surface area (Å²) in [6, 6.07) is 2.49. The molecule has 0 unspecified atom stereocenters. The van der Waals surface area contributed by atoms with Gasteiger partial charge >= 0.3 is 5.97 Å². The molecule has 1 aromatic rings. The first-order valence-corrected chi connectivity index (χ1v) is 6.28. The Bertz CT molecular complexity index is 510. The third kappa shape index (κ3) is 3.20. The van der Waals surface area contributed by atoms with Crippen molar-refractivity contribution < 1.29 is 27.2 Å². The summed E-state index contributed by atoms with van der Waals surface area (Å²) in [5, 5.41) is 0. The standard InChI is InChI=1S/C9H10O6S/c1-14-9(11)8-4-3-7(15-8)6(10)5-16(2,12)13/h3-4H,5H2,1-2H3. The van der Waals surface area contributed by atoms with E-state index in [-0.39, 0.29) is 11.5 Å². The lowest BCUT2D eigenvalue weighted by Gasteiger charge is -1.95. The molecular formula is C9H10O6S. The highest BCUT2D eigenvalue weighted by Gasteiger charge is 2.19. The second-order valence-electron chi connectivity index (χ2n) is 3.15. The number of sulfone groups is 1. The van der Waals surface area contributed by atoms with Crippen molar-refractivity contribution in [2.45, 2.75) is 0 Å². The Labute approximate surface area is 92.1 Å². The van der Waals surface area contributed by atoms with Crippen molar-refractivity contribution in [1.29, 1.82) is 0 Å². The second kappa shape index (κ2) is 4.48. The molecule has 1 heterocycles. The van der Waals surface area contributed by atoms with Crippen LogP contribution in [0.2, 0.25) is 0 Å². The van der Waals surface area contributed by atoms with E-state index in [4.69, 9.17) is 4.42 Å². The predicted octanol–water partition coefficient (Wildman–Crippen LogP) is 0.294. The summed E-state index contributed by atoms with van der Waals surface area (Å²) < 4.78 is 30.9. The van der Waals surface area contributed by atoms with E-state index in [1.54, 1.807) is 0 Å². The van der Waals surface area contributed by atoms with E-state index >= 15 is 0 Å². The van der Waals surface area contributed by atoms with Gasteiger partial charge in [-0.05, 0) is 12.1 Å². The van der Waals surface area contributed by atoms with E-state index in [1.165, 1.54) is 19.2 Å². The molecule has 88 valence electrons. The number of carbonyl (C=O) groups excluding carboxylic acids is 2. The monoisotopic (exact) mass is 246 g/mol. The lowest BCUT2D eigenvalue weighted by molar-refractivity contribution is 0.0563. The summed E-state index contributed by atoms with van der Waals surface area (Å²) in [6.45, 7) is 0. The van der Waals surface area contributed by atoms with E-state index in [2.05, 4.69) is 4.74 Å². The molecule has 0 saturated heterocycles. The molecule has 0 bridgehead atoms. The lowest BCUT2D eigenvalue weighted by atomic mass is 10.3. The molecule has 0 fully saturated rings. The first-order valence-electron chi connectivity index (χ1n) is 4.22. The van der Waals surface area contributed by atoms with Gasteiger partial charge in [0.1, 0.15) is 5.75 Å². The SMILES string of the molecule is COC(=O)c1ccc(C(=O)CS(C)(=O)=O)o1. The van der Waals surface area contributed by atoms with Crippen LogP contribution in [0.3, 0.4) is 0 Å². The van der Waals surface area contributed by atoms with Gasteiger partial charge in [-0.15, -0.1) is 0 Å². The average molecular weight is 246 g/mol. The predicted molar refractivity (Wildman–Crippen MR) is 54.1 cm³/mol. The summed E-state index contributed by atoms with van der Waals surface area (Å²) in [6.07, 6.45) is 0.940. The van der Waals surface area contributed by atoms with E-state index in [0.29, 0.717) is 0 Å². The molecule has 1 rings (SSSR count). The second-order valence-corrected chi connectivity index (χ2v) is 5.29. The van der Waals surface area contributed by atoms with Crippen LogP contribution in [-0.2, 0) is 14.6 Å². The van der Waals surface area contributed by atoms with Crippen LogP contribution in [0.5, 0.6) is 0 Å². The smallest absolute Gasteiger partial charge is 0.373 e. The minimum absolute atomic E-state index is 0.139. The summed E-state index contributed by atoms with van der Waals surface area (Å²) in [5.74, 6) is -2.39. The molecule has 7 heteroatoms. The van der Waals surface area contributed by atoms with Crippen LogP contribution in [0.1, 0.15) is 21.1 Å². The molecule has 16 heavy (non-hydrogen) atoms. The summed E-state index contributed by atoms with van der Waals surface area (Å²) in [7, 11) is -2.24. The zero-order valence-electron chi connectivity index (χ0n) is 8.72. The van der Waals surface area contributed by atoms with E-state index in [1.807, 2.05) is 0 Å². The van der Waals surface area contributed by atoms with E-state index in [0.717, 1.165) is 6.26 Å². The fourth-order valence-electron chi connectivity index (χ4n) is 1.01. The summed E-state index contributed by atoms with van der Waals surface area (Å²) >= 11 is 0. The number of hydrogen-bond donors (Lipinski definition) is 0. The fraction of sp³-hybridized carbons (Fsp3) is 0.333. The normalized spacial score (nSPS) is 11.1. The fourth-order valence-corrected chi connectivity index (χ4v) is 1.63. The van der Waals surface area contributed by atoms with Crippen molar-refractivity contribution in [2.75, 3.05) is 19.1 Å². The van der Waals surface area contributed by atoms with Gasteiger partial charge in [-0.3, -0.25) is 4.79 Å². The van der Waals surface area contributed by atoms with Crippen molar-refractivity contribution in [3.8, 4) is 0 Å². The number of esters is 1. The number of hydrogen-bond acceptors (Lipinski definition) is 6. The van der Waals surface area contributed by atoms with Gasteiger partial charge in [0.25, 0.3) is 0 Å². The molecule has 0 N–H and O–H groups in total. The maximum atomic E-state index is 11.4. The molecule has 0 saturated carbocycles. The maximum absolute atomic E-state index is 11.4. The average Bonchev–Trinajstić information content (AvgIpc) is 2.62. The van der Waals surface area contributed by atoms with Crippen LogP contribution in [0, 0.1) is 0 Å². The highest BCUT2D eigenvalue weighted by molar-refractivity contribution is 7.91. The molecular weight excluding hydrogens is 236 g/mol. The van der Waals surface area contributed by atoms with Gasteiger partial charge in [-0.25, -0.2) is 13.2 Å². The zero-order chi connectivity index (χ0) is 12.3. The Kier molecular flexibility index (Phi) is 3.48. The number of rotatable bonds is 4. The minimum Gasteiger partial charge on any atom is -0.463 e. The van der Waals surface area contributed by atoms with Gasteiger partial charge in [0.2, 0.25) is 11.5 Å².